The molecule has 1 atom stereocenters. The van der Waals surface area contributed by atoms with Crippen molar-refractivity contribution in [3.63, 3.8) is 0 Å². The van der Waals surface area contributed by atoms with E-state index >= 15 is 8.78 Å². The Hall–Kier alpha value is -5.28. The Labute approximate surface area is 254 Å². The van der Waals surface area contributed by atoms with Crippen LogP contribution in [0.15, 0.2) is 60.7 Å². The van der Waals surface area contributed by atoms with E-state index in [9.17, 15) is 13.6 Å². The highest BCUT2D eigenvalue weighted by molar-refractivity contribution is 5.93. The summed E-state index contributed by atoms with van der Waals surface area (Å²) >= 11 is 0. The first-order valence-electron chi connectivity index (χ1n) is 13.9. The maximum absolute atomic E-state index is 15.5. The lowest BCUT2D eigenvalue weighted by molar-refractivity contribution is -0.0589. The normalized spacial score (nSPS) is 14.2. The highest BCUT2D eigenvalue weighted by atomic mass is 19.1. The number of imidazole rings is 1. The number of aromatic nitrogens is 3. The molecule has 1 aliphatic rings. The summed E-state index contributed by atoms with van der Waals surface area (Å²) in [6.45, 7) is 0.625. The van der Waals surface area contributed by atoms with E-state index in [1.807, 2.05) is 10.6 Å². The van der Waals surface area contributed by atoms with Crippen LogP contribution in [-0.4, -0.2) is 40.3 Å². The second kappa shape index (κ2) is 12.4. The van der Waals surface area contributed by atoms with Crippen molar-refractivity contribution in [1.29, 1.82) is 5.26 Å². The first kappa shape index (κ1) is 29.8. The number of nitrogens with zero attached hydrogens (tertiary/aromatic N) is 4. The minimum atomic E-state index is -0.880. The smallest absolute Gasteiger partial charge is 0.337 e. The fourth-order valence-corrected chi connectivity index (χ4v) is 5.03. The zero-order valence-corrected chi connectivity index (χ0v) is 23.8. The molecule has 228 valence electrons. The van der Waals surface area contributed by atoms with Gasteiger partial charge in [0.05, 0.1) is 53.7 Å². The molecule has 1 fully saturated rings. The third-order valence-electron chi connectivity index (χ3n) is 7.55. The minimum absolute atomic E-state index is 0.0189. The van der Waals surface area contributed by atoms with Gasteiger partial charge in [-0.25, -0.2) is 32.3 Å². The predicted molar refractivity (Wildman–Crippen MR) is 153 cm³/mol. The van der Waals surface area contributed by atoms with E-state index in [0.717, 1.165) is 30.7 Å². The van der Waals surface area contributed by atoms with Crippen molar-refractivity contribution in [3.8, 4) is 23.2 Å². The Morgan fingerprint density at radius 1 is 0.978 bits per heavy atom. The maximum Gasteiger partial charge on any atom is 0.337 e. The monoisotopic (exact) mass is 616 g/mol. The van der Waals surface area contributed by atoms with Crippen LogP contribution >= 0.6 is 0 Å². The van der Waals surface area contributed by atoms with E-state index in [-0.39, 0.29) is 40.5 Å². The molecule has 5 aromatic rings. The van der Waals surface area contributed by atoms with Crippen molar-refractivity contribution >= 4 is 17.0 Å². The van der Waals surface area contributed by atoms with Crippen LogP contribution in [0.4, 0.5) is 17.6 Å². The van der Waals surface area contributed by atoms with Crippen LogP contribution in [0.3, 0.4) is 0 Å². The number of esters is 1. The predicted octanol–water partition coefficient (Wildman–Crippen LogP) is 6.27. The van der Waals surface area contributed by atoms with Crippen LogP contribution in [-0.2, 0) is 29.0 Å². The van der Waals surface area contributed by atoms with Crippen LogP contribution in [0.5, 0.6) is 5.88 Å². The Morgan fingerprint density at radius 2 is 1.78 bits per heavy atom. The van der Waals surface area contributed by atoms with Crippen LogP contribution < -0.4 is 4.74 Å². The Balaban J connectivity index is 1.28. The van der Waals surface area contributed by atoms with Crippen molar-refractivity contribution in [1.82, 2.24) is 14.5 Å². The van der Waals surface area contributed by atoms with Gasteiger partial charge in [-0.15, -0.1) is 0 Å². The quantitative estimate of drug-likeness (QED) is 0.142. The van der Waals surface area contributed by atoms with Gasteiger partial charge in [-0.1, -0.05) is 6.07 Å². The second-order valence-corrected chi connectivity index (χ2v) is 10.4. The molecule has 0 unspecified atom stereocenters. The second-order valence-electron chi connectivity index (χ2n) is 10.4. The molecule has 12 heteroatoms. The summed E-state index contributed by atoms with van der Waals surface area (Å²) in [6, 6.07) is 14.6. The molecule has 8 nitrogen and oxygen atoms in total. The molecule has 0 saturated carbocycles. The summed E-state index contributed by atoms with van der Waals surface area (Å²) in [5, 5.41) is 8.90. The summed E-state index contributed by atoms with van der Waals surface area (Å²) < 4.78 is 77.3. The van der Waals surface area contributed by atoms with Crippen molar-refractivity contribution < 1.29 is 36.6 Å². The third-order valence-corrected chi connectivity index (χ3v) is 7.55. The van der Waals surface area contributed by atoms with Crippen molar-refractivity contribution in [2.75, 3.05) is 13.7 Å². The fraction of sp³-hybridized carbons (Fsp3) is 0.212. The molecule has 0 aliphatic carbocycles. The third kappa shape index (κ3) is 6.07. The minimum Gasteiger partial charge on any atom is -0.471 e. The average molecular weight is 617 g/mol. The highest BCUT2D eigenvalue weighted by Gasteiger charge is 2.24. The van der Waals surface area contributed by atoms with Gasteiger partial charge in [0.25, 0.3) is 5.88 Å². The number of carbonyl (C=O) groups excluding carboxylic acids is 1. The summed E-state index contributed by atoms with van der Waals surface area (Å²) in [5.41, 5.74) is 1.38. The van der Waals surface area contributed by atoms with Gasteiger partial charge in [-0.05, 0) is 66.6 Å². The van der Waals surface area contributed by atoms with Gasteiger partial charge in [-0.2, -0.15) is 5.26 Å². The number of methoxy groups -OCH3 is 1. The zero-order valence-electron chi connectivity index (χ0n) is 23.8. The molecule has 45 heavy (non-hydrogen) atoms. The Morgan fingerprint density at radius 3 is 2.49 bits per heavy atom. The van der Waals surface area contributed by atoms with Gasteiger partial charge in [-0.3, -0.25) is 0 Å². The van der Waals surface area contributed by atoms with E-state index < -0.39 is 41.7 Å². The molecule has 3 heterocycles. The summed E-state index contributed by atoms with van der Waals surface area (Å²) in [7, 11) is 1.28. The van der Waals surface area contributed by atoms with Crippen LogP contribution in [0.2, 0.25) is 0 Å². The highest BCUT2D eigenvalue weighted by Crippen LogP contribution is 2.30. The number of nitriles is 1. The maximum atomic E-state index is 15.5. The van der Waals surface area contributed by atoms with Gasteiger partial charge in [0.2, 0.25) is 0 Å². The van der Waals surface area contributed by atoms with Gasteiger partial charge >= 0.3 is 5.97 Å². The number of benzene rings is 3. The molecular weight excluding hydrogens is 592 g/mol. The van der Waals surface area contributed by atoms with Crippen LogP contribution in [0, 0.1) is 34.6 Å². The van der Waals surface area contributed by atoms with Crippen LogP contribution in [0.1, 0.15) is 39.3 Å². The lowest BCUT2D eigenvalue weighted by Gasteiger charge is -2.27. The molecule has 0 spiro atoms. The molecule has 6 rings (SSSR count). The molecule has 1 aliphatic heterocycles. The van der Waals surface area contributed by atoms with Crippen molar-refractivity contribution in [2.45, 2.75) is 32.1 Å². The SMILES string of the molecule is COC(=O)c1ccc2nc(Cc3cc(F)c(-c4ccc(F)c(OCc5ccc(C#N)cc5F)n4)cc3F)n(C[C@@H]3CCO3)c2c1. The molecule has 0 radical (unpaired) electrons. The Kier molecular flexibility index (Phi) is 8.19. The van der Waals surface area contributed by atoms with Crippen molar-refractivity contribution in [2.24, 2.45) is 0 Å². The Bertz CT molecular complexity index is 1980. The fourth-order valence-electron chi connectivity index (χ4n) is 5.03. The number of rotatable bonds is 9. The summed E-state index contributed by atoms with van der Waals surface area (Å²) in [6.07, 6.45) is 0.673. The van der Waals surface area contributed by atoms with Crippen LogP contribution in [0.25, 0.3) is 22.3 Å². The first-order valence-corrected chi connectivity index (χ1v) is 13.9. The largest absolute Gasteiger partial charge is 0.471 e. The molecule has 3 aromatic carbocycles. The van der Waals surface area contributed by atoms with E-state index in [1.54, 1.807) is 18.2 Å². The summed E-state index contributed by atoms with van der Waals surface area (Å²) in [5.74, 6) is -3.75. The molecule has 0 amide bonds. The van der Waals surface area contributed by atoms with Gasteiger partial charge in [0, 0.05) is 24.2 Å². The number of halogens is 4. The topological polar surface area (TPSA) is 99.3 Å². The number of hydrogen-bond acceptors (Lipinski definition) is 7. The molecule has 0 N–H and O–H groups in total. The molecule has 1 saturated heterocycles. The lowest BCUT2D eigenvalue weighted by atomic mass is 10.0. The van der Waals surface area contributed by atoms with Gasteiger partial charge < -0.3 is 18.8 Å². The number of hydrogen-bond donors (Lipinski definition) is 0. The van der Waals surface area contributed by atoms with E-state index in [1.165, 1.54) is 25.3 Å². The summed E-state index contributed by atoms with van der Waals surface area (Å²) in [4.78, 5) is 20.8. The standard InChI is InChI=1S/C33H24F4N4O4/c1-43-33(42)19-4-6-29-30(12-19)41(16-22-8-9-44-22)31(39-29)13-21-11-27(37)23(14-26(21)36)28-7-5-24(34)32(40-28)45-17-20-3-2-18(15-38)10-25(20)35/h2-7,10-12,14,22H,8-9,13,16-17H2,1H3/t22-/m0/s1. The van der Waals surface area contributed by atoms with Gasteiger partial charge in [0.1, 0.15) is 29.9 Å². The van der Waals surface area contributed by atoms with Gasteiger partial charge in [0.15, 0.2) is 5.82 Å². The van der Waals surface area contributed by atoms with E-state index in [0.29, 0.717) is 35.6 Å². The molecule has 0 bridgehead atoms. The zero-order chi connectivity index (χ0) is 31.7. The first-order chi connectivity index (χ1) is 21.7. The van der Waals surface area contributed by atoms with E-state index in [4.69, 9.17) is 19.5 Å². The van der Waals surface area contributed by atoms with E-state index in [2.05, 4.69) is 9.97 Å². The van der Waals surface area contributed by atoms with Crippen molar-refractivity contribution in [3.05, 3.63) is 112 Å². The lowest BCUT2D eigenvalue weighted by Crippen LogP contribution is -2.31. The number of fused-ring (bicyclic) bond motifs is 1. The average Bonchev–Trinajstić information content (AvgIpc) is 3.36. The number of pyridine rings is 1. The molecule has 2 aromatic heterocycles. The molecular formula is C33H24F4N4O4. The number of ether oxygens (including phenoxy) is 3. The number of carbonyl (C=O) groups is 1.